The zero-order valence-corrected chi connectivity index (χ0v) is 25.7. The van der Waals surface area contributed by atoms with E-state index in [1.54, 1.807) is 66.2 Å². The van der Waals surface area contributed by atoms with Gasteiger partial charge in [-0.25, -0.2) is 14.2 Å². The van der Waals surface area contributed by atoms with Gasteiger partial charge in [0.15, 0.2) is 11.6 Å². The zero-order valence-electron chi connectivity index (χ0n) is 25.7. The van der Waals surface area contributed by atoms with Crippen LogP contribution in [0.2, 0.25) is 0 Å². The van der Waals surface area contributed by atoms with E-state index in [0.29, 0.717) is 30.2 Å². The lowest BCUT2D eigenvalue weighted by molar-refractivity contribution is 0.0503. The average molecular weight is 607 g/mol. The first-order chi connectivity index (χ1) is 20.9. The lowest BCUT2D eigenvalue weighted by Gasteiger charge is -2.29. The molecule has 11 nitrogen and oxygen atoms in total. The number of hydrogen-bond acceptors (Lipinski definition) is 8. The molecule has 4 rings (SSSR count). The van der Waals surface area contributed by atoms with Crippen LogP contribution in [0, 0.1) is 5.82 Å². The SMILES string of the molecule is COCCn1ccc2cc(Nc3nc(N[C@H](c4ccc(OC)cc4)[C@H](C)NC(=O)OC(C)(C)C)c(F)cc3C(N)=O)ccc21. The van der Waals surface area contributed by atoms with E-state index in [1.165, 1.54) is 0 Å². The molecule has 5 N–H and O–H groups in total. The van der Waals surface area contributed by atoms with Crippen LogP contribution in [0.3, 0.4) is 0 Å². The van der Waals surface area contributed by atoms with Gasteiger partial charge in [-0.1, -0.05) is 12.1 Å². The molecule has 0 spiro atoms. The van der Waals surface area contributed by atoms with Crippen molar-refractivity contribution in [3.63, 3.8) is 0 Å². The number of rotatable bonds is 12. The average Bonchev–Trinajstić information content (AvgIpc) is 3.36. The summed E-state index contributed by atoms with van der Waals surface area (Å²) in [5.74, 6) is -1.08. The fourth-order valence-electron chi connectivity index (χ4n) is 4.70. The van der Waals surface area contributed by atoms with E-state index in [2.05, 4.69) is 25.5 Å². The fourth-order valence-corrected chi connectivity index (χ4v) is 4.70. The summed E-state index contributed by atoms with van der Waals surface area (Å²) in [6, 6.07) is 14.5. The van der Waals surface area contributed by atoms with E-state index < -0.39 is 35.5 Å². The number of nitrogens with zero attached hydrogens (tertiary/aromatic N) is 2. The van der Waals surface area contributed by atoms with E-state index in [1.807, 2.05) is 30.5 Å². The van der Waals surface area contributed by atoms with Crippen molar-refractivity contribution < 1.29 is 28.2 Å². The number of benzene rings is 2. The lowest BCUT2D eigenvalue weighted by Crippen LogP contribution is -2.42. The van der Waals surface area contributed by atoms with Crippen LogP contribution in [-0.2, 0) is 16.0 Å². The number of anilines is 3. The van der Waals surface area contributed by atoms with Gasteiger partial charge in [-0.05, 0) is 75.7 Å². The van der Waals surface area contributed by atoms with Crippen LogP contribution in [0.1, 0.15) is 49.7 Å². The molecular weight excluding hydrogens is 567 g/mol. The number of carbonyl (C=O) groups excluding carboxylic acids is 2. The van der Waals surface area contributed by atoms with Gasteiger partial charge in [0.05, 0.1) is 31.4 Å². The predicted molar refractivity (Wildman–Crippen MR) is 168 cm³/mol. The van der Waals surface area contributed by atoms with E-state index in [4.69, 9.17) is 19.9 Å². The highest BCUT2D eigenvalue weighted by atomic mass is 19.1. The maximum atomic E-state index is 15.5. The van der Waals surface area contributed by atoms with Gasteiger partial charge in [-0.15, -0.1) is 0 Å². The molecule has 2 atom stereocenters. The smallest absolute Gasteiger partial charge is 0.407 e. The third-order valence-electron chi connectivity index (χ3n) is 6.82. The van der Waals surface area contributed by atoms with Crippen molar-refractivity contribution in [2.45, 2.75) is 51.9 Å². The Labute approximate surface area is 255 Å². The minimum absolute atomic E-state index is 0.0702. The van der Waals surface area contributed by atoms with Crippen molar-refractivity contribution in [2.24, 2.45) is 5.73 Å². The van der Waals surface area contributed by atoms with Gasteiger partial charge in [0.2, 0.25) is 0 Å². The van der Waals surface area contributed by atoms with Gasteiger partial charge in [0.25, 0.3) is 5.91 Å². The molecule has 12 heteroatoms. The minimum atomic E-state index is -0.844. The van der Waals surface area contributed by atoms with Crippen molar-refractivity contribution in [1.82, 2.24) is 14.9 Å². The van der Waals surface area contributed by atoms with E-state index in [0.717, 1.165) is 17.0 Å². The van der Waals surface area contributed by atoms with Gasteiger partial charge in [-0.3, -0.25) is 4.79 Å². The summed E-state index contributed by atoms with van der Waals surface area (Å²) in [7, 11) is 3.21. The Balaban J connectivity index is 1.67. The molecule has 0 aliphatic carbocycles. The van der Waals surface area contributed by atoms with Crippen molar-refractivity contribution in [3.8, 4) is 5.75 Å². The summed E-state index contributed by atoms with van der Waals surface area (Å²) in [5.41, 5.74) is 7.13. The molecule has 0 saturated carbocycles. The molecule has 4 aromatic rings. The van der Waals surface area contributed by atoms with Crippen molar-refractivity contribution >= 4 is 40.2 Å². The molecule has 234 valence electrons. The predicted octanol–water partition coefficient (Wildman–Crippen LogP) is 5.74. The largest absolute Gasteiger partial charge is 0.497 e. The number of alkyl carbamates (subject to hydrolysis) is 1. The number of hydrogen-bond donors (Lipinski definition) is 4. The van der Waals surface area contributed by atoms with Crippen LogP contribution in [0.4, 0.5) is 26.5 Å². The van der Waals surface area contributed by atoms with E-state index >= 15 is 4.39 Å². The molecule has 0 bridgehead atoms. The number of carbonyl (C=O) groups is 2. The number of pyridine rings is 1. The minimum Gasteiger partial charge on any atom is -0.497 e. The van der Waals surface area contributed by atoms with Crippen molar-refractivity contribution in [3.05, 3.63) is 77.7 Å². The van der Waals surface area contributed by atoms with Crippen LogP contribution in [0.5, 0.6) is 5.75 Å². The maximum Gasteiger partial charge on any atom is 0.407 e. The number of nitrogens with two attached hydrogens (primary N) is 1. The number of halogens is 1. The second-order valence-electron chi connectivity index (χ2n) is 11.3. The van der Waals surface area contributed by atoms with Gasteiger partial charge >= 0.3 is 6.09 Å². The van der Waals surface area contributed by atoms with Crippen molar-refractivity contribution in [1.29, 1.82) is 0 Å². The molecule has 0 fully saturated rings. The Kier molecular flexibility index (Phi) is 9.94. The number of primary amides is 1. The third kappa shape index (κ3) is 7.95. The summed E-state index contributed by atoms with van der Waals surface area (Å²) in [5, 5.41) is 10.00. The summed E-state index contributed by atoms with van der Waals surface area (Å²) in [6.45, 7) is 8.32. The topological polar surface area (TPSA) is 142 Å². The molecular formula is C32H39FN6O5. The second-order valence-corrected chi connectivity index (χ2v) is 11.3. The van der Waals surface area contributed by atoms with Gasteiger partial charge in [0.1, 0.15) is 17.2 Å². The molecule has 2 amide bonds. The van der Waals surface area contributed by atoms with Gasteiger partial charge < -0.3 is 40.5 Å². The standard InChI is InChI=1S/C32H39FN6O5/c1-19(35-31(41)44-32(2,3)4)27(20-7-10-23(43-6)11-8-20)37-30-25(33)18-24(28(34)40)29(38-30)36-22-9-12-26-21(17-22)13-14-39(26)15-16-42-5/h7-14,17-19,27H,15-16H2,1-6H3,(H2,34,40)(H,35,41)(H2,36,37,38)/t19-,27-/m0/s1. The summed E-state index contributed by atoms with van der Waals surface area (Å²) < 4.78 is 33.4. The van der Waals surface area contributed by atoms with Crippen LogP contribution in [-0.4, -0.2) is 54.0 Å². The highest BCUT2D eigenvalue weighted by Crippen LogP contribution is 2.30. The monoisotopic (exact) mass is 606 g/mol. The van der Waals surface area contributed by atoms with Crippen molar-refractivity contribution in [2.75, 3.05) is 31.5 Å². The fraction of sp³-hybridized carbons (Fsp3) is 0.344. The molecule has 0 radical (unpaired) electrons. The Bertz CT molecular complexity index is 1620. The Morgan fingerprint density at radius 2 is 1.77 bits per heavy atom. The molecule has 2 aromatic carbocycles. The van der Waals surface area contributed by atoms with Crippen LogP contribution in [0.25, 0.3) is 10.9 Å². The van der Waals surface area contributed by atoms with E-state index in [9.17, 15) is 9.59 Å². The molecule has 0 saturated heterocycles. The molecule has 2 aromatic heterocycles. The molecule has 44 heavy (non-hydrogen) atoms. The maximum absolute atomic E-state index is 15.5. The Hall–Kier alpha value is -4.84. The highest BCUT2D eigenvalue weighted by Gasteiger charge is 2.26. The Morgan fingerprint density at radius 1 is 1.05 bits per heavy atom. The number of ether oxygens (including phenoxy) is 3. The van der Waals surface area contributed by atoms with Crippen LogP contribution >= 0.6 is 0 Å². The molecule has 0 aliphatic heterocycles. The molecule has 0 aliphatic rings. The molecule has 0 unspecified atom stereocenters. The van der Waals surface area contributed by atoms with Crippen LogP contribution < -0.4 is 26.4 Å². The van der Waals surface area contributed by atoms with Crippen LogP contribution in [0.15, 0.2) is 60.8 Å². The molecule has 2 heterocycles. The number of methoxy groups -OCH3 is 2. The normalized spacial score (nSPS) is 12.8. The Morgan fingerprint density at radius 3 is 2.41 bits per heavy atom. The quantitative estimate of drug-likeness (QED) is 0.160. The second kappa shape index (κ2) is 13.6. The highest BCUT2D eigenvalue weighted by molar-refractivity contribution is 5.99. The summed E-state index contributed by atoms with van der Waals surface area (Å²) >= 11 is 0. The lowest BCUT2D eigenvalue weighted by atomic mass is 10.00. The van der Waals surface area contributed by atoms with Gasteiger partial charge in [-0.2, -0.15) is 0 Å². The summed E-state index contributed by atoms with van der Waals surface area (Å²) in [6.07, 6.45) is 1.34. The third-order valence-corrected chi connectivity index (χ3v) is 6.82. The van der Waals surface area contributed by atoms with Gasteiger partial charge in [0, 0.05) is 36.4 Å². The number of amides is 2. The van der Waals surface area contributed by atoms with E-state index in [-0.39, 0.29) is 17.2 Å². The number of aromatic nitrogens is 2. The number of fused-ring (bicyclic) bond motifs is 1. The zero-order chi connectivity index (χ0) is 32.0. The summed E-state index contributed by atoms with van der Waals surface area (Å²) in [4.78, 5) is 29.4. The first-order valence-electron chi connectivity index (χ1n) is 14.1. The first-order valence-corrected chi connectivity index (χ1v) is 14.1. The first kappa shape index (κ1) is 32.1. The number of nitrogens with one attached hydrogen (secondary N) is 3.